The van der Waals surface area contributed by atoms with Crippen LogP contribution in [0, 0.1) is 5.41 Å². The van der Waals surface area contributed by atoms with E-state index in [9.17, 15) is 9.59 Å². The van der Waals surface area contributed by atoms with Crippen LogP contribution in [0.5, 0.6) is 5.75 Å². The number of hydrogen-bond acceptors (Lipinski definition) is 4. The monoisotopic (exact) mass is 326 g/mol. The van der Waals surface area contributed by atoms with Gasteiger partial charge in [0.25, 0.3) is 5.91 Å². The Hall–Kier alpha value is -2.74. The highest BCUT2D eigenvalue weighted by Crippen LogP contribution is 2.22. The summed E-state index contributed by atoms with van der Waals surface area (Å²) in [6, 6.07) is 6.54. The summed E-state index contributed by atoms with van der Waals surface area (Å²) in [5.74, 6) is -1.48. The van der Waals surface area contributed by atoms with Crippen LogP contribution in [-0.2, 0) is 4.79 Å². The number of aromatic amines is 1. The Morgan fingerprint density at radius 1 is 1.41 bits per heavy atom. The predicted octanol–water partition coefficient (Wildman–Crippen LogP) is 1.02. The highest BCUT2D eigenvalue weighted by atomic mass is 35.5. The molecule has 0 atom stereocenters. The molecule has 0 aliphatic carbocycles. The molecule has 118 valence electrons. The fraction of sp³-hybridized carbons (Fsp3) is 0.154. The average Bonchev–Trinajstić information content (AvgIpc) is 2.86. The summed E-state index contributed by atoms with van der Waals surface area (Å²) in [5.41, 5.74) is 6.16. The van der Waals surface area contributed by atoms with Gasteiger partial charge in [0.15, 0.2) is 12.6 Å². The minimum atomic E-state index is -1.07. The van der Waals surface area contributed by atoms with E-state index in [4.69, 9.17) is 21.0 Å². The average molecular weight is 327 g/mol. The van der Waals surface area contributed by atoms with E-state index in [0.29, 0.717) is 11.3 Å². The van der Waals surface area contributed by atoms with Crippen molar-refractivity contribution in [3.05, 3.63) is 30.0 Å². The largest absolute Gasteiger partial charge is 0.482 e. The van der Waals surface area contributed by atoms with Crippen LogP contribution in [-0.4, -0.2) is 46.5 Å². The molecule has 1 amide bonds. The van der Waals surface area contributed by atoms with E-state index in [0.717, 1.165) is 10.3 Å². The van der Waals surface area contributed by atoms with Gasteiger partial charge in [0.2, 0.25) is 0 Å². The van der Waals surface area contributed by atoms with Crippen LogP contribution in [0.3, 0.4) is 0 Å². The van der Waals surface area contributed by atoms with Gasteiger partial charge in [0.1, 0.15) is 11.4 Å². The second-order valence-electron chi connectivity index (χ2n) is 4.36. The third kappa shape index (κ3) is 3.67. The minimum Gasteiger partial charge on any atom is -0.482 e. The van der Waals surface area contributed by atoms with Gasteiger partial charge in [-0.25, -0.2) is 4.79 Å². The maximum absolute atomic E-state index is 12.0. The van der Waals surface area contributed by atoms with Crippen molar-refractivity contribution < 1.29 is 19.4 Å². The number of guanidine groups is 1. The van der Waals surface area contributed by atoms with Crippen LogP contribution in [0.2, 0.25) is 0 Å². The number of ether oxygens (including phenoxy) is 1. The van der Waals surface area contributed by atoms with Gasteiger partial charge in [-0.3, -0.25) is 15.1 Å². The van der Waals surface area contributed by atoms with E-state index < -0.39 is 18.5 Å². The highest BCUT2D eigenvalue weighted by molar-refractivity contribution is 6.05. The van der Waals surface area contributed by atoms with Gasteiger partial charge in [-0.1, -0.05) is 0 Å². The molecule has 1 aromatic carbocycles. The third-order valence-corrected chi connectivity index (χ3v) is 2.85. The second-order valence-corrected chi connectivity index (χ2v) is 4.36. The SMILES string of the molecule is CN(C(=N)N)C(=O)c1cc2ccc(OCC(=O)O)cc2[nH]1.Cl. The quantitative estimate of drug-likeness (QED) is 0.492. The number of nitrogens with two attached hydrogens (primary N) is 1. The number of amides is 1. The van der Waals surface area contributed by atoms with Gasteiger partial charge in [-0.15, -0.1) is 12.4 Å². The van der Waals surface area contributed by atoms with Crippen LogP contribution in [0.15, 0.2) is 24.3 Å². The Morgan fingerprint density at radius 2 is 2.09 bits per heavy atom. The Bertz CT molecular complexity index is 728. The lowest BCUT2D eigenvalue weighted by molar-refractivity contribution is -0.139. The first-order valence-corrected chi connectivity index (χ1v) is 5.98. The summed E-state index contributed by atoms with van der Waals surface area (Å²) in [7, 11) is 1.40. The van der Waals surface area contributed by atoms with Crippen LogP contribution >= 0.6 is 12.4 Å². The number of benzene rings is 1. The van der Waals surface area contributed by atoms with E-state index in [1.807, 2.05) is 0 Å². The molecule has 0 saturated carbocycles. The van der Waals surface area contributed by atoms with Crippen molar-refractivity contribution in [2.24, 2.45) is 5.73 Å². The fourth-order valence-corrected chi connectivity index (χ4v) is 1.75. The maximum atomic E-state index is 12.0. The third-order valence-electron chi connectivity index (χ3n) is 2.85. The summed E-state index contributed by atoms with van der Waals surface area (Å²) >= 11 is 0. The van der Waals surface area contributed by atoms with Crippen molar-refractivity contribution in [3.63, 3.8) is 0 Å². The molecule has 0 aliphatic rings. The zero-order valence-electron chi connectivity index (χ0n) is 11.6. The van der Waals surface area contributed by atoms with E-state index in [1.54, 1.807) is 24.3 Å². The van der Waals surface area contributed by atoms with Crippen LogP contribution in [0.4, 0.5) is 0 Å². The van der Waals surface area contributed by atoms with Gasteiger partial charge in [0, 0.05) is 24.0 Å². The van der Waals surface area contributed by atoms with Crippen molar-refractivity contribution in [1.29, 1.82) is 5.41 Å². The standard InChI is InChI=1S/C13H14N4O4.ClH/c1-17(13(14)15)12(20)10-4-7-2-3-8(5-9(7)16-10)21-6-11(18)19;/h2-5,16H,6H2,1H3,(H3,14,15)(H,18,19);1H. The molecule has 1 heterocycles. The van der Waals surface area contributed by atoms with Gasteiger partial charge >= 0.3 is 5.97 Å². The molecule has 2 rings (SSSR count). The molecule has 0 aliphatic heterocycles. The Balaban J connectivity index is 0.00000242. The number of aliphatic carboxylic acids is 1. The number of carboxylic acids is 1. The molecule has 0 bridgehead atoms. The van der Waals surface area contributed by atoms with Crippen LogP contribution in [0.25, 0.3) is 10.9 Å². The molecule has 1 aromatic heterocycles. The Kier molecular flexibility index (Phi) is 5.36. The second kappa shape index (κ2) is 6.81. The minimum absolute atomic E-state index is 0. The van der Waals surface area contributed by atoms with E-state index >= 15 is 0 Å². The summed E-state index contributed by atoms with van der Waals surface area (Å²) in [5, 5.41) is 16.6. The number of carboxylic acid groups (broad SMARTS) is 1. The Labute approximate surface area is 131 Å². The van der Waals surface area contributed by atoms with E-state index in [1.165, 1.54) is 7.05 Å². The maximum Gasteiger partial charge on any atom is 0.341 e. The number of rotatable bonds is 4. The molecule has 8 nitrogen and oxygen atoms in total. The normalized spacial score (nSPS) is 9.86. The van der Waals surface area contributed by atoms with Crippen molar-refractivity contribution in [2.75, 3.05) is 13.7 Å². The number of carbonyl (C=O) groups excluding carboxylic acids is 1. The molecule has 0 fully saturated rings. The topological polar surface area (TPSA) is 133 Å². The lowest BCUT2D eigenvalue weighted by Crippen LogP contribution is -2.38. The first-order chi connectivity index (χ1) is 9.88. The molecule has 22 heavy (non-hydrogen) atoms. The number of fused-ring (bicyclic) bond motifs is 1. The summed E-state index contributed by atoms with van der Waals surface area (Å²) in [4.78, 5) is 26.4. The van der Waals surface area contributed by atoms with Gasteiger partial charge in [-0.05, 0) is 18.2 Å². The van der Waals surface area contributed by atoms with Crippen molar-refractivity contribution in [3.8, 4) is 5.75 Å². The Morgan fingerprint density at radius 3 is 2.68 bits per heavy atom. The van der Waals surface area contributed by atoms with Gasteiger partial charge < -0.3 is 20.6 Å². The van der Waals surface area contributed by atoms with E-state index in [-0.39, 0.29) is 24.1 Å². The van der Waals surface area contributed by atoms with Gasteiger partial charge in [0.05, 0.1) is 0 Å². The lowest BCUT2D eigenvalue weighted by Gasteiger charge is -2.12. The number of carbonyl (C=O) groups is 2. The molecule has 0 unspecified atom stereocenters. The fourth-order valence-electron chi connectivity index (χ4n) is 1.75. The van der Waals surface area contributed by atoms with Crippen molar-refractivity contribution in [2.45, 2.75) is 0 Å². The lowest BCUT2D eigenvalue weighted by atomic mass is 10.2. The summed E-state index contributed by atoms with van der Waals surface area (Å²) in [6.07, 6.45) is 0. The van der Waals surface area contributed by atoms with Crippen molar-refractivity contribution >= 4 is 41.1 Å². The van der Waals surface area contributed by atoms with Crippen LogP contribution in [0.1, 0.15) is 10.5 Å². The van der Waals surface area contributed by atoms with Crippen LogP contribution < -0.4 is 10.5 Å². The predicted molar refractivity (Wildman–Crippen MR) is 82.7 cm³/mol. The molecular weight excluding hydrogens is 312 g/mol. The molecule has 0 radical (unpaired) electrons. The number of H-pyrrole nitrogens is 1. The van der Waals surface area contributed by atoms with Crippen molar-refractivity contribution in [1.82, 2.24) is 9.88 Å². The molecule has 0 spiro atoms. The molecule has 5 N–H and O–H groups in total. The molecule has 0 saturated heterocycles. The zero-order chi connectivity index (χ0) is 15.6. The van der Waals surface area contributed by atoms with E-state index in [2.05, 4.69) is 4.98 Å². The number of nitrogens with one attached hydrogen (secondary N) is 2. The number of aromatic nitrogens is 1. The smallest absolute Gasteiger partial charge is 0.341 e. The molecular formula is C13H15ClN4O4. The number of hydrogen-bond donors (Lipinski definition) is 4. The zero-order valence-corrected chi connectivity index (χ0v) is 12.4. The number of halogens is 1. The summed E-state index contributed by atoms with van der Waals surface area (Å²) in [6.45, 7) is -0.439. The van der Waals surface area contributed by atoms with Gasteiger partial charge in [-0.2, -0.15) is 0 Å². The number of nitrogens with zero attached hydrogens (tertiary/aromatic N) is 1. The first-order valence-electron chi connectivity index (χ1n) is 5.98. The molecule has 2 aromatic rings. The molecule has 9 heteroatoms. The summed E-state index contributed by atoms with van der Waals surface area (Å²) < 4.78 is 5.06. The first kappa shape index (κ1) is 17.3. The highest BCUT2D eigenvalue weighted by Gasteiger charge is 2.16.